The summed E-state index contributed by atoms with van der Waals surface area (Å²) in [5.74, 6) is 2.30. The van der Waals surface area contributed by atoms with Crippen molar-refractivity contribution >= 4 is 33.2 Å². The summed E-state index contributed by atoms with van der Waals surface area (Å²) >= 11 is 12.4. The third-order valence-electron chi connectivity index (χ3n) is 3.30. The number of sulfonamides is 1. The van der Waals surface area contributed by atoms with Gasteiger partial charge in [0.05, 0.1) is 11.6 Å². The lowest BCUT2D eigenvalue weighted by Gasteiger charge is -2.17. The van der Waals surface area contributed by atoms with Gasteiger partial charge in [-0.25, -0.2) is 8.42 Å². The highest BCUT2D eigenvalue weighted by atomic mass is 35.5. The van der Waals surface area contributed by atoms with Gasteiger partial charge in [0.1, 0.15) is 4.90 Å². The first-order valence-corrected chi connectivity index (χ1v) is 8.67. The molecule has 1 saturated carbocycles. The monoisotopic (exact) mass is 346 g/mol. The van der Waals surface area contributed by atoms with Gasteiger partial charge in [-0.1, -0.05) is 29.1 Å². The van der Waals surface area contributed by atoms with Gasteiger partial charge < -0.3 is 5.32 Å². The lowest BCUT2D eigenvalue weighted by Crippen LogP contribution is -2.28. The average molecular weight is 347 g/mol. The highest BCUT2D eigenvalue weighted by Gasteiger charge is 2.26. The SMILES string of the molecule is C#CCN(C)S(=O)(=O)c1ccc(Cl)c(CNC2CC2)c1Cl. The van der Waals surface area contributed by atoms with E-state index < -0.39 is 10.0 Å². The minimum atomic E-state index is -3.72. The number of hydrogen-bond acceptors (Lipinski definition) is 3. The molecule has 0 saturated heterocycles. The molecule has 2 rings (SSSR count). The van der Waals surface area contributed by atoms with Crippen molar-refractivity contribution in [1.82, 2.24) is 9.62 Å². The third-order valence-corrected chi connectivity index (χ3v) is 6.04. The van der Waals surface area contributed by atoms with Gasteiger partial charge in [0.15, 0.2) is 0 Å². The first-order valence-electron chi connectivity index (χ1n) is 6.48. The Balaban J connectivity index is 2.35. The summed E-state index contributed by atoms with van der Waals surface area (Å²) < 4.78 is 26.0. The zero-order chi connectivity index (χ0) is 15.6. The Morgan fingerprint density at radius 1 is 1.43 bits per heavy atom. The van der Waals surface area contributed by atoms with Crippen LogP contribution in [0.3, 0.4) is 0 Å². The van der Waals surface area contributed by atoms with Crippen LogP contribution < -0.4 is 5.32 Å². The van der Waals surface area contributed by atoms with Crippen LogP contribution in [0.1, 0.15) is 18.4 Å². The van der Waals surface area contributed by atoms with E-state index in [1.807, 2.05) is 0 Å². The van der Waals surface area contributed by atoms with E-state index in [0.29, 0.717) is 23.2 Å². The Morgan fingerprint density at radius 3 is 2.67 bits per heavy atom. The van der Waals surface area contributed by atoms with Crippen LogP contribution in [0.5, 0.6) is 0 Å². The van der Waals surface area contributed by atoms with Crippen molar-refractivity contribution < 1.29 is 8.42 Å². The molecule has 1 fully saturated rings. The molecule has 21 heavy (non-hydrogen) atoms. The van der Waals surface area contributed by atoms with E-state index >= 15 is 0 Å². The molecule has 1 aromatic rings. The van der Waals surface area contributed by atoms with E-state index in [4.69, 9.17) is 29.6 Å². The van der Waals surface area contributed by atoms with Gasteiger partial charge in [-0.15, -0.1) is 6.42 Å². The summed E-state index contributed by atoms with van der Waals surface area (Å²) in [6.45, 7) is 0.432. The maximum absolute atomic E-state index is 12.4. The van der Waals surface area contributed by atoms with Crippen molar-refractivity contribution in [3.8, 4) is 12.3 Å². The number of rotatable bonds is 6. The van der Waals surface area contributed by atoms with Crippen molar-refractivity contribution in [3.05, 3.63) is 27.7 Å². The van der Waals surface area contributed by atoms with Crippen LogP contribution in [-0.4, -0.2) is 32.4 Å². The fourth-order valence-corrected chi connectivity index (χ4v) is 3.82. The first-order chi connectivity index (χ1) is 9.87. The zero-order valence-electron chi connectivity index (χ0n) is 11.6. The summed E-state index contributed by atoms with van der Waals surface area (Å²) in [5, 5.41) is 3.88. The van der Waals surface area contributed by atoms with Crippen molar-refractivity contribution in [2.75, 3.05) is 13.6 Å². The van der Waals surface area contributed by atoms with Crippen LogP contribution in [0.4, 0.5) is 0 Å². The maximum Gasteiger partial charge on any atom is 0.245 e. The van der Waals surface area contributed by atoms with Crippen LogP contribution >= 0.6 is 23.2 Å². The molecule has 0 bridgehead atoms. The minimum Gasteiger partial charge on any atom is -0.310 e. The molecule has 0 atom stereocenters. The lowest BCUT2D eigenvalue weighted by atomic mass is 10.2. The fourth-order valence-electron chi connectivity index (χ4n) is 1.85. The molecule has 7 heteroatoms. The summed E-state index contributed by atoms with van der Waals surface area (Å²) in [5.41, 5.74) is 0.598. The van der Waals surface area contributed by atoms with Crippen molar-refractivity contribution in [2.45, 2.75) is 30.3 Å². The zero-order valence-corrected chi connectivity index (χ0v) is 13.9. The summed E-state index contributed by atoms with van der Waals surface area (Å²) in [6, 6.07) is 3.43. The van der Waals surface area contributed by atoms with E-state index in [2.05, 4.69) is 11.2 Å². The van der Waals surface area contributed by atoms with E-state index in [0.717, 1.165) is 17.1 Å². The smallest absolute Gasteiger partial charge is 0.245 e. The van der Waals surface area contributed by atoms with Gasteiger partial charge in [-0.2, -0.15) is 4.31 Å². The van der Waals surface area contributed by atoms with Crippen molar-refractivity contribution in [1.29, 1.82) is 0 Å². The molecular weight excluding hydrogens is 331 g/mol. The highest BCUT2D eigenvalue weighted by Crippen LogP contribution is 2.33. The Bertz CT molecular complexity index is 679. The molecule has 114 valence electrons. The predicted molar refractivity (Wildman–Crippen MR) is 85.0 cm³/mol. The number of hydrogen-bond donors (Lipinski definition) is 1. The van der Waals surface area contributed by atoms with Gasteiger partial charge in [0.2, 0.25) is 10.0 Å². The molecular formula is C14H16Cl2N2O2S. The standard InChI is InChI=1S/C14H16Cl2N2O2S/c1-3-8-18(2)21(19,20)13-7-6-12(15)11(14(13)16)9-17-10-4-5-10/h1,6-7,10,17H,4-5,8-9H2,2H3. The molecule has 0 aromatic heterocycles. The molecule has 1 aromatic carbocycles. The highest BCUT2D eigenvalue weighted by molar-refractivity contribution is 7.89. The van der Waals surface area contributed by atoms with E-state index in [1.54, 1.807) is 6.07 Å². The van der Waals surface area contributed by atoms with Gasteiger partial charge in [0, 0.05) is 30.2 Å². The largest absolute Gasteiger partial charge is 0.310 e. The average Bonchev–Trinajstić information content (AvgIpc) is 3.22. The topological polar surface area (TPSA) is 49.4 Å². The van der Waals surface area contributed by atoms with Crippen LogP contribution in [0.25, 0.3) is 0 Å². The van der Waals surface area contributed by atoms with E-state index in [9.17, 15) is 8.42 Å². The quantitative estimate of drug-likeness (QED) is 0.805. The molecule has 1 aliphatic carbocycles. The summed E-state index contributed by atoms with van der Waals surface area (Å²) in [7, 11) is -2.30. The van der Waals surface area contributed by atoms with Crippen LogP contribution in [0, 0.1) is 12.3 Å². The number of nitrogens with one attached hydrogen (secondary N) is 1. The Kier molecular flexibility index (Phi) is 5.18. The van der Waals surface area contributed by atoms with Gasteiger partial charge in [-0.05, 0) is 25.0 Å². The molecule has 0 radical (unpaired) electrons. The van der Waals surface area contributed by atoms with Crippen molar-refractivity contribution in [3.63, 3.8) is 0 Å². The Hall–Kier alpha value is -0.770. The normalized spacial score (nSPS) is 15.2. The van der Waals surface area contributed by atoms with E-state index in [1.165, 1.54) is 13.1 Å². The number of benzene rings is 1. The Morgan fingerprint density at radius 2 is 2.10 bits per heavy atom. The van der Waals surface area contributed by atoms with Crippen molar-refractivity contribution in [2.24, 2.45) is 0 Å². The first kappa shape index (κ1) is 16.6. The number of nitrogens with zero attached hydrogens (tertiary/aromatic N) is 1. The second-order valence-corrected chi connectivity index (χ2v) is 7.76. The number of halogens is 2. The van der Waals surface area contributed by atoms with Crippen LogP contribution in [0.2, 0.25) is 10.0 Å². The third kappa shape index (κ3) is 3.71. The fraction of sp³-hybridized carbons (Fsp3) is 0.429. The maximum atomic E-state index is 12.4. The molecule has 0 heterocycles. The van der Waals surface area contributed by atoms with E-state index in [-0.39, 0.29) is 16.5 Å². The predicted octanol–water partition coefficient (Wildman–Crippen LogP) is 2.50. The Labute approximate surface area is 135 Å². The second kappa shape index (κ2) is 6.55. The summed E-state index contributed by atoms with van der Waals surface area (Å²) in [4.78, 5) is 0.0268. The van der Waals surface area contributed by atoms with Gasteiger partial charge in [-0.3, -0.25) is 0 Å². The molecule has 1 aliphatic rings. The van der Waals surface area contributed by atoms with Gasteiger partial charge >= 0.3 is 0 Å². The molecule has 1 N–H and O–H groups in total. The van der Waals surface area contributed by atoms with Crippen LogP contribution in [0.15, 0.2) is 17.0 Å². The molecule has 0 amide bonds. The van der Waals surface area contributed by atoms with Gasteiger partial charge in [0.25, 0.3) is 0 Å². The number of terminal acetylenes is 1. The molecule has 0 aliphatic heterocycles. The van der Waals surface area contributed by atoms with Crippen LogP contribution in [-0.2, 0) is 16.6 Å². The summed E-state index contributed by atoms with van der Waals surface area (Å²) in [6.07, 6.45) is 7.41. The molecule has 0 unspecified atom stereocenters. The molecule has 0 spiro atoms. The minimum absolute atomic E-state index is 0.0169. The second-order valence-electron chi connectivity index (χ2n) is 4.96. The molecule has 4 nitrogen and oxygen atoms in total. The lowest BCUT2D eigenvalue weighted by molar-refractivity contribution is 0.503.